The lowest BCUT2D eigenvalue weighted by Crippen LogP contribution is -2.60. The third kappa shape index (κ3) is 2.56. The standard InChI is InChI=1S/C11H20N2O2/c1-8(2)12-6-5-7-13(9(3)4)10(12)11(14)15/h6,8-10H,5,7H2,1-4H3. The molecule has 1 aliphatic rings. The summed E-state index contributed by atoms with van der Waals surface area (Å²) in [5.74, 6) is -1.01. The molecule has 15 heavy (non-hydrogen) atoms. The minimum atomic E-state index is -1.01. The molecule has 4 heteroatoms. The van der Waals surface area contributed by atoms with Crippen molar-refractivity contribution in [2.45, 2.75) is 52.4 Å². The van der Waals surface area contributed by atoms with Crippen LogP contribution in [0.2, 0.25) is 0 Å². The summed E-state index contributed by atoms with van der Waals surface area (Å²) in [5.41, 5.74) is 0. The lowest BCUT2D eigenvalue weighted by molar-refractivity contribution is -0.616. The van der Waals surface area contributed by atoms with Crippen molar-refractivity contribution in [2.75, 3.05) is 6.54 Å². The van der Waals surface area contributed by atoms with E-state index in [-0.39, 0.29) is 12.1 Å². The predicted molar refractivity (Wildman–Crippen MR) is 56.7 cm³/mol. The van der Waals surface area contributed by atoms with E-state index >= 15 is 0 Å². The van der Waals surface area contributed by atoms with Crippen molar-refractivity contribution < 1.29 is 14.5 Å². The van der Waals surface area contributed by atoms with Crippen LogP contribution in [0.4, 0.5) is 0 Å². The minimum absolute atomic E-state index is 0.189. The molecular formula is C11H20N2O2. The number of nitrogens with zero attached hydrogens (tertiary/aromatic N) is 2. The zero-order valence-corrected chi connectivity index (χ0v) is 9.93. The van der Waals surface area contributed by atoms with E-state index in [2.05, 4.69) is 0 Å². The van der Waals surface area contributed by atoms with Crippen molar-refractivity contribution in [1.82, 2.24) is 4.90 Å². The number of hydrogen-bond donors (Lipinski definition) is 0. The van der Waals surface area contributed by atoms with Crippen LogP contribution in [0.3, 0.4) is 0 Å². The molecule has 1 heterocycles. The summed E-state index contributed by atoms with van der Waals surface area (Å²) in [5, 5.41) is 11.2. The van der Waals surface area contributed by atoms with Gasteiger partial charge in [-0.2, -0.15) is 0 Å². The summed E-state index contributed by atoms with van der Waals surface area (Å²) in [4.78, 5) is 13.1. The van der Waals surface area contributed by atoms with E-state index in [0.29, 0.717) is 0 Å². The van der Waals surface area contributed by atoms with Gasteiger partial charge >= 0.3 is 0 Å². The molecule has 1 rings (SSSR count). The van der Waals surface area contributed by atoms with E-state index in [4.69, 9.17) is 0 Å². The molecule has 0 aliphatic carbocycles. The summed E-state index contributed by atoms with van der Waals surface area (Å²) < 4.78 is 1.87. The lowest BCUT2D eigenvalue weighted by Gasteiger charge is -2.36. The third-order valence-electron chi connectivity index (χ3n) is 2.79. The van der Waals surface area contributed by atoms with Crippen LogP contribution in [0.15, 0.2) is 0 Å². The number of carbonyl (C=O) groups is 1. The average molecular weight is 212 g/mol. The number of hydrogen-bond acceptors (Lipinski definition) is 3. The molecule has 0 aromatic rings. The van der Waals surface area contributed by atoms with Gasteiger partial charge < -0.3 is 9.90 Å². The number of carboxylic acids is 1. The van der Waals surface area contributed by atoms with Crippen LogP contribution in [0.5, 0.6) is 0 Å². The highest BCUT2D eigenvalue weighted by atomic mass is 16.4. The molecule has 86 valence electrons. The van der Waals surface area contributed by atoms with Crippen molar-refractivity contribution in [2.24, 2.45) is 0 Å². The maximum Gasteiger partial charge on any atom is 0.249 e. The van der Waals surface area contributed by atoms with Gasteiger partial charge in [0, 0.05) is 19.0 Å². The van der Waals surface area contributed by atoms with E-state index in [1.807, 2.05) is 43.4 Å². The van der Waals surface area contributed by atoms with Gasteiger partial charge in [0.05, 0.1) is 0 Å². The Balaban J connectivity index is 2.97. The summed E-state index contributed by atoms with van der Waals surface area (Å²) in [7, 11) is 0. The molecular weight excluding hydrogens is 192 g/mol. The highest BCUT2D eigenvalue weighted by Crippen LogP contribution is 2.13. The first-order valence-corrected chi connectivity index (χ1v) is 5.52. The molecule has 0 N–H and O–H groups in total. The van der Waals surface area contributed by atoms with Gasteiger partial charge in [-0.3, -0.25) is 0 Å². The summed E-state index contributed by atoms with van der Waals surface area (Å²) in [6, 6.07) is 0.414. The minimum Gasteiger partial charge on any atom is -0.542 e. The monoisotopic (exact) mass is 212 g/mol. The largest absolute Gasteiger partial charge is 0.542 e. The Morgan fingerprint density at radius 3 is 2.47 bits per heavy atom. The summed E-state index contributed by atoms with van der Waals surface area (Å²) in [6.07, 6.45) is 2.27. The Bertz CT molecular complexity index is 272. The predicted octanol–water partition coefficient (Wildman–Crippen LogP) is -0.332. The van der Waals surface area contributed by atoms with Gasteiger partial charge in [0.25, 0.3) is 0 Å². The van der Waals surface area contributed by atoms with E-state index in [1.165, 1.54) is 0 Å². The zero-order valence-electron chi connectivity index (χ0n) is 9.93. The SMILES string of the molecule is CC(C)N1CCC=[N+](C(C)C)C1C(=O)[O-]. The zero-order chi connectivity index (χ0) is 11.6. The molecule has 0 fully saturated rings. The van der Waals surface area contributed by atoms with E-state index in [0.717, 1.165) is 13.0 Å². The first kappa shape index (κ1) is 12.2. The van der Waals surface area contributed by atoms with Gasteiger partial charge in [-0.05, 0) is 27.7 Å². The average Bonchev–Trinajstić information content (AvgIpc) is 2.16. The first-order valence-electron chi connectivity index (χ1n) is 5.52. The Morgan fingerprint density at radius 1 is 1.47 bits per heavy atom. The van der Waals surface area contributed by atoms with Crippen molar-refractivity contribution in [3.63, 3.8) is 0 Å². The van der Waals surface area contributed by atoms with Crippen LogP contribution in [0.1, 0.15) is 34.1 Å². The maximum absolute atomic E-state index is 11.2. The first-order chi connectivity index (χ1) is 6.95. The van der Waals surface area contributed by atoms with Gasteiger partial charge in [-0.15, -0.1) is 0 Å². The van der Waals surface area contributed by atoms with E-state index in [1.54, 1.807) is 0 Å². The van der Waals surface area contributed by atoms with Crippen LogP contribution in [0, 0.1) is 0 Å². The Morgan fingerprint density at radius 2 is 2.07 bits per heavy atom. The normalized spacial score (nSPS) is 23.3. The highest BCUT2D eigenvalue weighted by molar-refractivity contribution is 5.71. The summed E-state index contributed by atoms with van der Waals surface area (Å²) in [6.45, 7) is 8.81. The molecule has 1 atom stereocenters. The van der Waals surface area contributed by atoms with Crippen LogP contribution < -0.4 is 5.11 Å². The summed E-state index contributed by atoms with van der Waals surface area (Å²) >= 11 is 0. The molecule has 0 aromatic heterocycles. The smallest absolute Gasteiger partial charge is 0.249 e. The number of aliphatic carboxylic acids is 1. The molecule has 1 aliphatic heterocycles. The highest BCUT2D eigenvalue weighted by Gasteiger charge is 2.35. The molecule has 0 saturated carbocycles. The van der Waals surface area contributed by atoms with Gasteiger partial charge in [0.15, 0.2) is 0 Å². The fourth-order valence-corrected chi connectivity index (χ4v) is 2.04. The quantitative estimate of drug-likeness (QED) is 0.602. The van der Waals surface area contributed by atoms with E-state index in [9.17, 15) is 9.90 Å². The van der Waals surface area contributed by atoms with E-state index < -0.39 is 12.1 Å². The van der Waals surface area contributed by atoms with Gasteiger partial charge in [0.1, 0.15) is 18.2 Å². The van der Waals surface area contributed by atoms with Crippen molar-refractivity contribution >= 4 is 12.2 Å². The molecule has 0 bridgehead atoms. The fraction of sp³-hybridized carbons (Fsp3) is 0.818. The second kappa shape index (κ2) is 4.75. The maximum atomic E-state index is 11.2. The van der Waals surface area contributed by atoms with Crippen molar-refractivity contribution in [3.8, 4) is 0 Å². The number of carboxylic acid groups (broad SMARTS) is 1. The molecule has 0 radical (unpaired) electrons. The third-order valence-corrected chi connectivity index (χ3v) is 2.79. The molecule has 0 spiro atoms. The van der Waals surface area contributed by atoms with Gasteiger partial charge in [0.2, 0.25) is 6.17 Å². The number of carbonyl (C=O) groups excluding carboxylic acids is 1. The molecule has 4 nitrogen and oxygen atoms in total. The van der Waals surface area contributed by atoms with Crippen LogP contribution in [0.25, 0.3) is 0 Å². The molecule has 0 amide bonds. The molecule has 0 saturated heterocycles. The second-order valence-electron chi connectivity index (χ2n) is 4.54. The number of rotatable bonds is 3. The second-order valence-corrected chi connectivity index (χ2v) is 4.54. The van der Waals surface area contributed by atoms with Crippen molar-refractivity contribution in [3.05, 3.63) is 0 Å². The lowest BCUT2D eigenvalue weighted by atomic mass is 10.2. The molecule has 1 unspecified atom stereocenters. The van der Waals surface area contributed by atoms with Crippen LogP contribution in [-0.2, 0) is 4.79 Å². The van der Waals surface area contributed by atoms with Crippen LogP contribution >= 0.6 is 0 Å². The van der Waals surface area contributed by atoms with Crippen molar-refractivity contribution in [1.29, 1.82) is 0 Å². The Kier molecular flexibility index (Phi) is 3.85. The topological polar surface area (TPSA) is 46.4 Å². The Hall–Kier alpha value is -0.900. The Labute approximate surface area is 91.2 Å². The van der Waals surface area contributed by atoms with Gasteiger partial charge in [-0.25, -0.2) is 9.48 Å². The van der Waals surface area contributed by atoms with Crippen LogP contribution in [-0.4, -0.2) is 46.5 Å². The molecule has 0 aromatic carbocycles. The fourth-order valence-electron chi connectivity index (χ4n) is 2.04. The van der Waals surface area contributed by atoms with Gasteiger partial charge in [-0.1, -0.05) is 0 Å².